The van der Waals surface area contributed by atoms with E-state index in [4.69, 9.17) is 0 Å². The Kier molecular flexibility index (Phi) is 6.83. The Morgan fingerprint density at radius 3 is 2.44 bits per heavy atom. The Bertz CT molecular complexity index is 1490. The molecule has 0 fully saturated rings. The lowest BCUT2D eigenvalue weighted by molar-refractivity contribution is -0.303. The van der Waals surface area contributed by atoms with E-state index in [-0.39, 0.29) is 28.3 Å². The minimum atomic E-state index is -5.01. The van der Waals surface area contributed by atoms with Crippen molar-refractivity contribution in [3.05, 3.63) is 71.1 Å². The molecule has 0 saturated carbocycles. The maximum absolute atomic E-state index is 14.0. The van der Waals surface area contributed by atoms with E-state index in [1.54, 1.807) is 0 Å². The molecule has 0 saturated heterocycles. The summed E-state index contributed by atoms with van der Waals surface area (Å²) in [6.07, 6.45) is -9.59. The van der Waals surface area contributed by atoms with Gasteiger partial charge in [-0.15, -0.1) is 13.2 Å². The molecule has 2 atom stereocenters. The van der Waals surface area contributed by atoms with Gasteiger partial charge in [0.2, 0.25) is 10.0 Å². The predicted molar refractivity (Wildman–Crippen MR) is 124 cm³/mol. The van der Waals surface area contributed by atoms with Gasteiger partial charge < -0.3 is 20.3 Å². The fraction of sp³-hybridized carbons (Fsp3) is 0.304. The largest absolute Gasteiger partial charge is 0.573 e. The summed E-state index contributed by atoms with van der Waals surface area (Å²) >= 11 is 0. The minimum absolute atomic E-state index is 0.0168. The van der Waals surface area contributed by atoms with E-state index < -0.39 is 63.8 Å². The second-order valence-electron chi connectivity index (χ2n) is 8.86. The number of rotatable bonds is 5. The van der Waals surface area contributed by atoms with Crippen molar-refractivity contribution in [3.63, 3.8) is 0 Å². The highest BCUT2D eigenvalue weighted by Crippen LogP contribution is 2.43. The fourth-order valence-corrected chi connectivity index (χ4v) is 5.74. The highest BCUT2D eigenvalue weighted by molar-refractivity contribution is 7.94. The number of halogens is 6. The lowest BCUT2D eigenvalue weighted by atomic mass is 10.0. The zero-order chi connectivity index (χ0) is 29.0. The first-order valence-electron chi connectivity index (χ1n) is 11.0. The molecule has 2 aromatic rings. The van der Waals surface area contributed by atoms with Crippen molar-refractivity contribution in [3.8, 4) is 0 Å². The summed E-state index contributed by atoms with van der Waals surface area (Å²) in [6, 6.07) is 5.03. The summed E-state index contributed by atoms with van der Waals surface area (Å²) in [6.45, 7) is 0.647. The second-order valence-corrected chi connectivity index (χ2v) is 11.2. The van der Waals surface area contributed by atoms with Gasteiger partial charge in [-0.2, -0.15) is 13.2 Å². The number of anilines is 3. The number of carboxylic acid groups (broad SMARTS) is 1. The molecule has 1 aliphatic carbocycles. The van der Waals surface area contributed by atoms with Gasteiger partial charge in [-0.3, -0.25) is 4.31 Å². The van der Waals surface area contributed by atoms with Crippen LogP contribution in [0.15, 0.2) is 54.3 Å². The Labute approximate surface area is 217 Å². The van der Waals surface area contributed by atoms with Crippen LogP contribution in [0.25, 0.3) is 0 Å². The number of carbonyl (C=O) groups is 1. The first kappa shape index (κ1) is 28.2. The Hall–Kier alpha value is -3.79. The third kappa shape index (κ3) is 5.52. The number of ether oxygens (including phenoxy) is 1. The first-order chi connectivity index (χ1) is 17.9. The number of benzene rings is 1. The van der Waals surface area contributed by atoms with Gasteiger partial charge in [0.05, 0.1) is 17.9 Å². The predicted octanol–water partition coefficient (Wildman–Crippen LogP) is 4.75. The van der Waals surface area contributed by atoms with Crippen LogP contribution in [0.3, 0.4) is 0 Å². The molecule has 39 heavy (non-hydrogen) atoms. The van der Waals surface area contributed by atoms with Crippen molar-refractivity contribution >= 4 is 33.2 Å². The first-order valence-corrected chi connectivity index (χ1v) is 12.4. The highest BCUT2D eigenvalue weighted by Gasteiger charge is 2.45. The number of pyridine rings is 1. The number of sulfonamides is 1. The van der Waals surface area contributed by atoms with Gasteiger partial charge in [0, 0.05) is 5.56 Å². The van der Waals surface area contributed by atoms with Crippen LogP contribution < -0.4 is 9.62 Å². The molecule has 0 spiro atoms. The molecule has 2 aliphatic rings. The molecule has 0 bridgehead atoms. The van der Waals surface area contributed by atoms with Crippen LogP contribution in [-0.2, 0) is 32.3 Å². The molecule has 1 aromatic heterocycles. The molecule has 210 valence electrons. The zero-order valence-electron chi connectivity index (χ0n) is 19.7. The monoisotopic (exact) mass is 579 g/mol. The smallest absolute Gasteiger partial charge is 0.479 e. The molecule has 9 nitrogen and oxygen atoms in total. The number of allylic oxidation sites excluding steroid dienone is 2. The van der Waals surface area contributed by atoms with Crippen molar-refractivity contribution in [1.29, 1.82) is 0 Å². The topological polar surface area (TPSA) is 129 Å². The number of alkyl halides is 6. The Morgan fingerprint density at radius 1 is 1.18 bits per heavy atom. The number of hydrogen-bond acceptors (Lipinski definition) is 7. The highest BCUT2D eigenvalue weighted by atomic mass is 32.2. The van der Waals surface area contributed by atoms with E-state index in [1.807, 2.05) is 0 Å². The minimum Gasteiger partial charge on any atom is -0.479 e. The Balaban J connectivity index is 1.83. The lowest BCUT2D eigenvalue weighted by Crippen LogP contribution is -2.46. The van der Waals surface area contributed by atoms with E-state index in [1.165, 1.54) is 13.0 Å². The summed E-state index contributed by atoms with van der Waals surface area (Å²) in [7, 11) is -4.59. The number of nitrogens with one attached hydrogen (secondary N) is 1. The zero-order valence-corrected chi connectivity index (χ0v) is 20.5. The average molecular weight is 579 g/mol. The summed E-state index contributed by atoms with van der Waals surface area (Å²) in [5, 5.41) is 21.9. The SMILES string of the molecule is CC1(S(=O)(=O)N2Cc3ccc(C(F)(F)F)nc3Nc3ccc(C(O)C(=O)O)cc32)C=CC(OC(F)(F)F)=CC1. The van der Waals surface area contributed by atoms with Gasteiger partial charge >= 0.3 is 18.5 Å². The van der Waals surface area contributed by atoms with E-state index in [0.29, 0.717) is 6.07 Å². The molecule has 2 heterocycles. The lowest BCUT2D eigenvalue weighted by Gasteiger charge is -2.35. The second kappa shape index (κ2) is 9.44. The number of hydrogen-bond donors (Lipinski definition) is 3. The molecule has 1 aromatic carbocycles. The molecular formula is C23H19F6N3O6S. The van der Waals surface area contributed by atoms with E-state index in [9.17, 15) is 49.8 Å². The fourth-order valence-electron chi connectivity index (χ4n) is 3.99. The summed E-state index contributed by atoms with van der Waals surface area (Å²) in [4.78, 5) is 14.9. The van der Waals surface area contributed by atoms with Crippen molar-refractivity contribution in [2.75, 3.05) is 9.62 Å². The van der Waals surface area contributed by atoms with Crippen molar-refractivity contribution in [2.45, 2.75) is 43.3 Å². The standard InChI is InChI=1S/C23H19F6N3O6S/c1-21(8-6-14(7-9-21)38-23(27,28)29)39(36,37)32-11-13-3-5-17(22(24,25)26)31-19(13)30-15-4-2-12(10-16(15)32)18(33)20(34)35/h2-8,10,18,33H,9,11H2,1H3,(H,30,31)(H,34,35). The molecule has 0 radical (unpaired) electrons. The van der Waals surface area contributed by atoms with Gasteiger partial charge in [-0.25, -0.2) is 18.2 Å². The van der Waals surface area contributed by atoms with Gasteiger partial charge in [0.1, 0.15) is 22.0 Å². The van der Waals surface area contributed by atoms with Gasteiger partial charge in [-0.1, -0.05) is 18.2 Å². The van der Waals surface area contributed by atoms with Crippen LogP contribution in [0.2, 0.25) is 0 Å². The maximum Gasteiger partial charge on any atom is 0.573 e. The van der Waals surface area contributed by atoms with E-state index in [0.717, 1.165) is 40.7 Å². The maximum atomic E-state index is 14.0. The van der Waals surface area contributed by atoms with Crippen LogP contribution in [-0.4, -0.2) is 40.7 Å². The summed E-state index contributed by atoms with van der Waals surface area (Å²) in [5.74, 6) is -2.59. The number of aliphatic carboxylic acids is 1. The summed E-state index contributed by atoms with van der Waals surface area (Å²) in [5.41, 5.74) is -1.78. The molecule has 1 aliphatic heterocycles. The average Bonchev–Trinajstić information content (AvgIpc) is 2.99. The van der Waals surface area contributed by atoms with Crippen LogP contribution in [0.5, 0.6) is 0 Å². The van der Waals surface area contributed by atoms with Gasteiger partial charge in [0.25, 0.3) is 0 Å². The number of aliphatic hydroxyl groups is 1. The summed E-state index contributed by atoms with van der Waals surface area (Å²) < 4.78 is 108. The quantitative estimate of drug-likeness (QED) is 0.433. The molecule has 16 heteroatoms. The molecule has 4 rings (SSSR count). The van der Waals surface area contributed by atoms with E-state index in [2.05, 4.69) is 15.0 Å². The molecule has 2 unspecified atom stereocenters. The Morgan fingerprint density at radius 2 is 1.87 bits per heavy atom. The molecule has 3 N–H and O–H groups in total. The van der Waals surface area contributed by atoms with Crippen molar-refractivity contribution in [1.82, 2.24) is 4.98 Å². The van der Waals surface area contributed by atoms with E-state index >= 15 is 0 Å². The number of fused-ring (bicyclic) bond motifs is 2. The molecular weight excluding hydrogens is 560 g/mol. The van der Waals surface area contributed by atoms with Gasteiger partial charge in [0.15, 0.2) is 6.10 Å². The number of aromatic nitrogens is 1. The third-order valence-corrected chi connectivity index (χ3v) is 8.49. The number of carboxylic acids is 1. The van der Waals surface area contributed by atoms with Crippen molar-refractivity contribution < 1.29 is 54.5 Å². The normalized spacial score (nSPS) is 20.2. The third-order valence-electron chi connectivity index (χ3n) is 6.10. The number of nitrogens with zero attached hydrogens (tertiary/aromatic N) is 2. The van der Waals surface area contributed by atoms with Crippen LogP contribution in [0.1, 0.15) is 36.3 Å². The number of aliphatic hydroxyl groups excluding tert-OH is 1. The van der Waals surface area contributed by atoms with Gasteiger partial charge in [-0.05, 0) is 49.3 Å². The van der Waals surface area contributed by atoms with Crippen LogP contribution in [0, 0.1) is 0 Å². The van der Waals surface area contributed by atoms with Crippen molar-refractivity contribution in [2.24, 2.45) is 0 Å². The van der Waals surface area contributed by atoms with Crippen LogP contribution in [0.4, 0.5) is 43.5 Å². The van der Waals surface area contributed by atoms with Crippen LogP contribution >= 0.6 is 0 Å². The molecule has 0 amide bonds.